The van der Waals surface area contributed by atoms with Crippen LogP contribution in [0.15, 0.2) is 58.5 Å². The number of phenols is 2. The van der Waals surface area contributed by atoms with Gasteiger partial charge in [-0.15, -0.1) is 0 Å². The van der Waals surface area contributed by atoms with E-state index in [0.717, 1.165) is 48.9 Å². The van der Waals surface area contributed by atoms with Crippen molar-refractivity contribution in [1.82, 2.24) is 0 Å². The second kappa shape index (κ2) is 17.5. The summed E-state index contributed by atoms with van der Waals surface area (Å²) in [6, 6.07) is 15.4. The summed E-state index contributed by atoms with van der Waals surface area (Å²) in [5, 5.41) is 38.7. The second-order valence-corrected chi connectivity index (χ2v) is 8.42. The van der Waals surface area contributed by atoms with Gasteiger partial charge in [-0.1, -0.05) is 38.1 Å². The minimum absolute atomic E-state index is 0. The molecular weight excluding hydrogens is 543 g/mol. The average Bonchev–Trinajstić information content (AvgIpc) is 2.84. The molecule has 0 heterocycles. The number of aliphatic carboxylic acids is 2. The normalized spacial score (nSPS) is 10.2. The number of aliphatic imine (C=N–C) groups is 2. The quantitative estimate of drug-likeness (QED) is 0.426. The average molecular weight is 578 g/mol. The van der Waals surface area contributed by atoms with Crippen LogP contribution in [0.3, 0.4) is 0 Å². The number of carboxylic acids is 2. The predicted molar refractivity (Wildman–Crippen MR) is 147 cm³/mol. The monoisotopic (exact) mass is 577 g/mol. The van der Waals surface area contributed by atoms with Crippen LogP contribution in [0.1, 0.15) is 61.1 Å². The summed E-state index contributed by atoms with van der Waals surface area (Å²) >= 11 is 0. The number of hydrogen-bond donors (Lipinski definition) is 2. The maximum Gasteiger partial charge on any atom is 2.00 e. The van der Waals surface area contributed by atoms with E-state index in [-0.39, 0.29) is 28.3 Å². The van der Waals surface area contributed by atoms with Gasteiger partial charge in [0.25, 0.3) is 0 Å². The number of benzene rings is 3. The summed E-state index contributed by atoms with van der Waals surface area (Å²) in [6.07, 6.45) is 4.87. The van der Waals surface area contributed by atoms with E-state index in [1.54, 1.807) is 12.4 Å². The Balaban J connectivity index is 0.00000142. The van der Waals surface area contributed by atoms with Gasteiger partial charge in [-0.2, -0.15) is 0 Å². The van der Waals surface area contributed by atoms with Crippen LogP contribution in [0.5, 0.6) is 11.5 Å². The number of carbonyl (C=O) groups excluding carboxylic acids is 2. The summed E-state index contributed by atoms with van der Waals surface area (Å²) in [5.74, 6) is -1.63. The van der Waals surface area contributed by atoms with Crippen molar-refractivity contribution < 1.29 is 46.8 Å². The number of hydrogen-bond acceptors (Lipinski definition) is 8. The Kier molecular flexibility index (Phi) is 15.8. The van der Waals surface area contributed by atoms with Crippen molar-refractivity contribution >= 4 is 35.7 Å². The Bertz CT molecular complexity index is 1210. The van der Waals surface area contributed by atoms with Crippen molar-refractivity contribution in [2.75, 3.05) is 0 Å². The van der Waals surface area contributed by atoms with Crippen molar-refractivity contribution in [3.05, 3.63) is 81.9 Å². The van der Waals surface area contributed by atoms with Crippen LogP contribution >= 0.6 is 0 Å². The standard InChI is InChI=1S/C26H28N2O2.2C2H4O2.Co/c1-5-19-11-17(3)13-21(25(19)29)15-27-23-9-7-8-10-24(23)28-16-22-14-18(4)12-20(6-2)26(22)30;2*1-2(3)4;/h7-16,29-30H,5-6H2,1-4H3;2*1H3,(H,3,4);/q;;;+2/p-2. The molecular formula is C30H34CoN2O6. The number of aryl methyl sites for hydroxylation is 4. The van der Waals surface area contributed by atoms with Gasteiger partial charge >= 0.3 is 16.8 Å². The Hall–Kier alpha value is -3.95. The van der Waals surface area contributed by atoms with Gasteiger partial charge < -0.3 is 30.0 Å². The molecule has 3 aromatic rings. The van der Waals surface area contributed by atoms with Crippen molar-refractivity contribution in [2.24, 2.45) is 9.98 Å². The zero-order valence-electron chi connectivity index (χ0n) is 22.9. The van der Waals surface area contributed by atoms with E-state index in [1.165, 1.54) is 0 Å². The van der Waals surface area contributed by atoms with Crippen LogP contribution in [0.4, 0.5) is 11.4 Å². The van der Waals surface area contributed by atoms with Crippen LogP contribution in [0.2, 0.25) is 0 Å². The minimum atomic E-state index is -1.08. The molecule has 1 radical (unpaired) electrons. The van der Waals surface area contributed by atoms with Gasteiger partial charge in [0.05, 0.1) is 11.4 Å². The SMILES string of the molecule is CC(=O)[O-].CC(=O)[O-].CCc1cc(C)cc(C=Nc2ccccc2N=Cc2cc(C)cc(CC)c2O)c1O.[Co+2]. The summed E-state index contributed by atoms with van der Waals surface area (Å²) < 4.78 is 0. The largest absolute Gasteiger partial charge is 2.00 e. The number of para-hydroxylation sites is 2. The van der Waals surface area contributed by atoms with E-state index in [2.05, 4.69) is 9.98 Å². The summed E-state index contributed by atoms with van der Waals surface area (Å²) in [5.41, 5.74) is 6.74. The molecule has 0 amide bonds. The Morgan fingerprint density at radius 1 is 0.744 bits per heavy atom. The third-order valence-electron chi connectivity index (χ3n) is 5.05. The topological polar surface area (TPSA) is 145 Å². The molecule has 0 aliphatic heterocycles. The molecule has 3 rings (SSSR count). The molecule has 0 saturated heterocycles. The van der Waals surface area contributed by atoms with Crippen LogP contribution < -0.4 is 10.2 Å². The minimum Gasteiger partial charge on any atom is -0.550 e. The molecule has 9 heteroatoms. The van der Waals surface area contributed by atoms with Gasteiger partial charge in [-0.05, 0) is 87.1 Å². The molecule has 0 aliphatic rings. The van der Waals surface area contributed by atoms with Crippen LogP contribution in [0, 0.1) is 13.8 Å². The molecule has 8 nitrogen and oxygen atoms in total. The fourth-order valence-electron chi connectivity index (χ4n) is 3.46. The van der Waals surface area contributed by atoms with E-state index in [0.29, 0.717) is 22.5 Å². The van der Waals surface area contributed by atoms with Gasteiger partial charge in [0.15, 0.2) is 0 Å². The molecule has 0 saturated carbocycles. The van der Waals surface area contributed by atoms with Gasteiger partial charge in [0.1, 0.15) is 11.5 Å². The third-order valence-corrected chi connectivity index (χ3v) is 5.05. The number of carboxylic acid groups (broad SMARTS) is 2. The molecule has 0 unspecified atom stereocenters. The van der Waals surface area contributed by atoms with Gasteiger partial charge in [-0.3, -0.25) is 9.98 Å². The van der Waals surface area contributed by atoms with E-state index in [9.17, 15) is 10.2 Å². The zero-order valence-corrected chi connectivity index (χ0v) is 24.0. The third kappa shape index (κ3) is 12.4. The molecule has 39 heavy (non-hydrogen) atoms. The van der Waals surface area contributed by atoms with E-state index >= 15 is 0 Å². The molecule has 209 valence electrons. The second-order valence-electron chi connectivity index (χ2n) is 8.42. The smallest absolute Gasteiger partial charge is 0.550 e. The molecule has 0 spiro atoms. The van der Waals surface area contributed by atoms with E-state index in [1.807, 2.05) is 76.2 Å². The first-order chi connectivity index (χ1) is 17.9. The number of phenolic OH excluding ortho intramolecular Hbond substituents is 2. The van der Waals surface area contributed by atoms with E-state index in [4.69, 9.17) is 19.8 Å². The molecule has 0 atom stereocenters. The molecule has 0 bridgehead atoms. The van der Waals surface area contributed by atoms with Crippen molar-refractivity contribution in [3.63, 3.8) is 0 Å². The van der Waals surface area contributed by atoms with Crippen molar-refractivity contribution in [3.8, 4) is 11.5 Å². The van der Waals surface area contributed by atoms with Crippen LogP contribution in [0.25, 0.3) is 0 Å². The molecule has 0 aliphatic carbocycles. The maximum absolute atomic E-state index is 10.5. The van der Waals surface area contributed by atoms with Crippen molar-refractivity contribution in [1.29, 1.82) is 0 Å². The van der Waals surface area contributed by atoms with E-state index < -0.39 is 11.9 Å². The van der Waals surface area contributed by atoms with Crippen LogP contribution in [-0.2, 0) is 39.2 Å². The molecule has 0 fully saturated rings. The number of aromatic hydroxyl groups is 2. The fourth-order valence-corrected chi connectivity index (χ4v) is 3.46. The molecule has 2 N–H and O–H groups in total. The van der Waals surface area contributed by atoms with Gasteiger partial charge in [0.2, 0.25) is 0 Å². The molecule has 3 aromatic carbocycles. The fraction of sp³-hybridized carbons (Fsp3) is 0.267. The maximum atomic E-state index is 10.5. The van der Waals surface area contributed by atoms with Crippen molar-refractivity contribution in [2.45, 2.75) is 54.4 Å². The predicted octanol–water partition coefficient (Wildman–Crippen LogP) is 3.85. The Morgan fingerprint density at radius 3 is 1.33 bits per heavy atom. The number of carbonyl (C=O) groups is 2. The number of nitrogens with zero attached hydrogens (tertiary/aromatic N) is 2. The first-order valence-electron chi connectivity index (χ1n) is 12.1. The first-order valence-corrected chi connectivity index (χ1v) is 12.1. The zero-order chi connectivity index (χ0) is 28.8. The summed E-state index contributed by atoms with van der Waals surface area (Å²) in [4.78, 5) is 26.9. The summed E-state index contributed by atoms with van der Waals surface area (Å²) in [7, 11) is 0. The number of rotatable bonds is 6. The van der Waals surface area contributed by atoms with Crippen LogP contribution in [-0.4, -0.2) is 34.6 Å². The summed E-state index contributed by atoms with van der Waals surface area (Å²) in [6.45, 7) is 9.99. The Morgan fingerprint density at radius 2 is 1.05 bits per heavy atom. The first kappa shape index (κ1) is 35.0. The van der Waals surface area contributed by atoms with Gasteiger partial charge in [-0.25, -0.2) is 0 Å². The Labute approximate surface area is 240 Å². The van der Waals surface area contributed by atoms with Gasteiger partial charge in [0, 0.05) is 35.5 Å². The molecule has 0 aromatic heterocycles.